The molecule has 0 unspecified atom stereocenters. The number of hydrogen-bond donors (Lipinski definition) is 1. The Morgan fingerprint density at radius 1 is 1.40 bits per heavy atom. The molecule has 0 aliphatic heterocycles. The lowest BCUT2D eigenvalue weighted by molar-refractivity contribution is 0.506. The molecule has 2 N–H and O–H groups in total. The van der Waals surface area contributed by atoms with Crippen molar-refractivity contribution in [2.45, 2.75) is 26.3 Å². The number of benzene rings is 1. The molecule has 0 aliphatic rings. The molecule has 0 saturated heterocycles. The van der Waals surface area contributed by atoms with Crippen molar-refractivity contribution in [1.29, 1.82) is 0 Å². The molecule has 4 heteroatoms. The maximum absolute atomic E-state index is 13.0. The number of rotatable bonds is 3. The highest BCUT2D eigenvalue weighted by Gasteiger charge is 2.12. The standard InChI is InChI=1S/C11H15BrFN.ClH/c1-7(2)5-11(14)9-6-8(13)3-4-10(9)12;/h3-4,6-7,11H,5,14H2,1-2H3;1H/t11-;/m0./s1. The first-order valence-electron chi connectivity index (χ1n) is 4.71. The largest absolute Gasteiger partial charge is 0.324 e. The third-order valence-corrected chi connectivity index (χ3v) is 2.81. The Bertz CT molecular complexity index is 317. The summed E-state index contributed by atoms with van der Waals surface area (Å²) in [6.07, 6.45) is 0.863. The molecular weight excluding hydrogens is 280 g/mol. The number of nitrogens with two attached hydrogens (primary N) is 1. The van der Waals surface area contributed by atoms with Gasteiger partial charge in [0.25, 0.3) is 0 Å². The van der Waals surface area contributed by atoms with Gasteiger partial charge >= 0.3 is 0 Å². The van der Waals surface area contributed by atoms with Gasteiger partial charge in [0.1, 0.15) is 5.82 Å². The van der Waals surface area contributed by atoms with E-state index in [1.54, 1.807) is 6.07 Å². The van der Waals surface area contributed by atoms with E-state index in [-0.39, 0.29) is 24.3 Å². The van der Waals surface area contributed by atoms with Crippen LogP contribution in [-0.2, 0) is 0 Å². The predicted molar refractivity (Wildman–Crippen MR) is 67.7 cm³/mol. The zero-order valence-electron chi connectivity index (χ0n) is 8.84. The van der Waals surface area contributed by atoms with Crippen LogP contribution in [-0.4, -0.2) is 0 Å². The van der Waals surface area contributed by atoms with Crippen molar-refractivity contribution < 1.29 is 4.39 Å². The summed E-state index contributed by atoms with van der Waals surface area (Å²) in [7, 11) is 0. The van der Waals surface area contributed by atoms with Crippen molar-refractivity contribution in [2.24, 2.45) is 11.7 Å². The van der Waals surface area contributed by atoms with Crippen molar-refractivity contribution in [3.05, 3.63) is 34.1 Å². The Balaban J connectivity index is 0.00000196. The highest BCUT2D eigenvalue weighted by molar-refractivity contribution is 9.10. The summed E-state index contributed by atoms with van der Waals surface area (Å²) in [5.74, 6) is 0.280. The summed E-state index contributed by atoms with van der Waals surface area (Å²) in [6, 6.07) is 4.53. The second kappa shape index (κ2) is 6.46. The van der Waals surface area contributed by atoms with Gasteiger partial charge in [-0.25, -0.2) is 4.39 Å². The van der Waals surface area contributed by atoms with Gasteiger partial charge in [0.15, 0.2) is 0 Å². The van der Waals surface area contributed by atoms with Crippen molar-refractivity contribution in [2.75, 3.05) is 0 Å². The summed E-state index contributed by atoms with van der Waals surface area (Å²) in [5.41, 5.74) is 6.82. The third-order valence-electron chi connectivity index (χ3n) is 2.08. The van der Waals surface area contributed by atoms with Crippen LogP contribution in [0.15, 0.2) is 22.7 Å². The summed E-state index contributed by atoms with van der Waals surface area (Å²) in [5, 5.41) is 0. The predicted octanol–water partition coefficient (Wildman–Crippen LogP) is 4.06. The van der Waals surface area contributed by atoms with E-state index in [4.69, 9.17) is 5.73 Å². The Morgan fingerprint density at radius 3 is 2.53 bits per heavy atom. The molecular formula is C11H16BrClFN. The summed E-state index contributed by atoms with van der Waals surface area (Å²) >= 11 is 3.37. The average Bonchev–Trinajstić information content (AvgIpc) is 2.08. The zero-order valence-corrected chi connectivity index (χ0v) is 11.2. The minimum Gasteiger partial charge on any atom is -0.324 e. The molecule has 0 bridgehead atoms. The van der Waals surface area contributed by atoms with Gasteiger partial charge in [-0.15, -0.1) is 12.4 Å². The lowest BCUT2D eigenvalue weighted by Crippen LogP contribution is -2.13. The van der Waals surface area contributed by atoms with Crippen LogP contribution < -0.4 is 5.73 Å². The van der Waals surface area contributed by atoms with Crippen molar-refractivity contribution in [1.82, 2.24) is 0 Å². The monoisotopic (exact) mass is 295 g/mol. The lowest BCUT2D eigenvalue weighted by Gasteiger charge is -2.15. The quantitative estimate of drug-likeness (QED) is 0.894. The van der Waals surface area contributed by atoms with Crippen LogP contribution in [0, 0.1) is 11.7 Å². The fourth-order valence-electron chi connectivity index (χ4n) is 1.43. The Labute approximate surface area is 105 Å². The van der Waals surface area contributed by atoms with Crippen LogP contribution >= 0.6 is 28.3 Å². The molecule has 86 valence electrons. The van der Waals surface area contributed by atoms with Crippen LogP contribution in [0.4, 0.5) is 4.39 Å². The van der Waals surface area contributed by atoms with Crippen LogP contribution in [0.2, 0.25) is 0 Å². The highest BCUT2D eigenvalue weighted by atomic mass is 79.9. The van der Waals surface area contributed by atoms with Crippen molar-refractivity contribution in [3.8, 4) is 0 Å². The van der Waals surface area contributed by atoms with Crippen LogP contribution in [0.25, 0.3) is 0 Å². The molecule has 1 atom stereocenters. The average molecular weight is 297 g/mol. The first kappa shape index (κ1) is 14.9. The molecule has 0 fully saturated rings. The maximum atomic E-state index is 13.0. The van der Waals surface area contributed by atoms with E-state index in [0.717, 1.165) is 16.5 Å². The molecule has 0 heterocycles. The molecule has 15 heavy (non-hydrogen) atoms. The number of hydrogen-bond acceptors (Lipinski definition) is 1. The van der Waals surface area contributed by atoms with E-state index in [1.807, 2.05) is 0 Å². The molecule has 0 radical (unpaired) electrons. The summed E-state index contributed by atoms with van der Waals surface area (Å²) in [4.78, 5) is 0. The smallest absolute Gasteiger partial charge is 0.123 e. The highest BCUT2D eigenvalue weighted by Crippen LogP contribution is 2.26. The Kier molecular flexibility index (Phi) is 6.41. The van der Waals surface area contributed by atoms with Gasteiger partial charge in [-0.1, -0.05) is 29.8 Å². The van der Waals surface area contributed by atoms with Gasteiger partial charge < -0.3 is 5.73 Å². The molecule has 1 aromatic rings. The SMILES string of the molecule is CC(C)C[C@H](N)c1cc(F)ccc1Br.Cl. The molecule has 0 aliphatic carbocycles. The Morgan fingerprint density at radius 2 is 2.00 bits per heavy atom. The lowest BCUT2D eigenvalue weighted by atomic mass is 9.98. The van der Waals surface area contributed by atoms with Gasteiger partial charge in [-0.3, -0.25) is 0 Å². The fourth-order valence-corrected chi connectivity index (χ4v) is 1.97. The third kappa shape index (κ3) is 4.49. The van der Waals surface area contributed by atoms with E-state index in [1.165, 1.54) is 12.1 Å². The van der Waals surface area contributed by atoms with Crippen LogP contribution in [0.3, 0.4) is 0 Å². The van der Waals surface area contributed by atoms with Gasteiger partial charge in [0.2, 0.25) is 0 Å². The van der Waals surface area contributed by atoms with Gasteiger partial charge in [-0.05, 0) is 36.1 Å². The number of halogens is 3. The van der Waals surface area contributed by atoms with Gasteiger partial charge in [0, 0.05) is 10.5 Å². The molecule has 1 nitrogen and oxygen atoms in total. The molecule has 0 spiro atoms. The second-order valence-electron chi connectivity index (χ2n) is 3.90. The first-order valence-corrected chi connectivity index (χ1v) is 5.50. The minimum absolute atomic E-state index is 0. The zero-order chi connectivity index (χ0) is 10.7. The molecule has 1 aromatic carbocycles. The van der Waals surface area contributed by atoms with Crippen molar-refractivity contribution in [3.63, 3.8) is 0 Å². The van der Waals surface area contributed by atoms with E-state index in [9.17, 15) is 4.39 Å². The summed E-state index contributed by atoms with van der Waals surface area (Å²) < 4.78 is 13.9. The maximum Gasteiger partial charge on any atom is 0.123 e. The van der Waals surface area contributed by atoms with Crippen LogP contribution in [0.1, 0.15) is 31.9 Å². The molecule has 0 saturated carbocycles. The molecule has 1 rings (SSSR count). The minimum atomic E-state index is -0.234. The molecule has 0 aromatic heterocycles. The van der Waals surface area contributed by atoms with Crippen LogP contribution in [0.5, 0.6) is 0 Å². The molecule has 0 amide bonds. The van der Waals surface area contributed by atoms with E-state index in [2.05, 4.69) is 29.8 Å². The Hall–Kier alpha value is -0.120. The fraction of sp³-hybridized carbons (Fsp3) is 0.455. The second-order valence-corrected chi connectivity index (χ2v) is 4.76. The topological polar surface area (TPSA) is 26.0 Å². The first-order chi connectivity index (χ1) is 6.50. The van der Waals surface area contributed by atoms with E-state index in [0.29, 0.717) is 5.92 Å². The normalized spacial score (nSPS) is 12.4. The van der Waals surface area contributed by atoms with E-state index < -0.39 is 0 Å². The van der Waals surface area contributed by atoms with Gasteiger partial charge in [0.05, 0.1) is 0 Å². The van der Waals surface area contributed by atoms with Crippen molar-refractivity contribution >= 4 is 28.3 Å². The van der Waals surface area contributed by atoms with E-state index >= 15 is 0 Å². The van der Waals surface area contributed by atoms with Gasteiger partial charge in [-0.2, -0.15) is 0 Å². The summed E-state index contributed by atoms with van der Waals surface area (Å²) in [6.45, 7) is 4.21.